The highest BCUT2D eigenvalue weighted by molar-refractivity contribution is 5.69. The molecular weight excluding hydrogens is 212 g/mol. The smallest absolute Gasteiger partial charge is 0.306 e. The minimum Gasteiger partial charge on any atom is -0.460 e. The van der Waals surface area contributed by atoms with Crippen molar-refractivity contribution >= 4 is 5.97 Å². The molecule has 2 heteroatoms. The molecule has 2 nitrogen and oxygen atoms in total. The van der Waals surface area contributed by atoms with Gasteiger partial charge in [0.1, 0.15) is 5.60 Å². The van der Waals surface area contributed by atoms with Crippen LogP contribution in [0.1, 0.15) is 80.1 Å². The average Bonchev–Trinajstić information content (AvgIpc) is 2.06. The van der Waals surface area contributed by atoms with E-state index in [0.29, 0.717) is 11.8 Å². The standard InChI is InChI=1S/C15H30O2/c1-14(2,3)12-10-8-7-9-11-13(16)17-15(4,5)6/h7-12H2,1-6H3. The summed E-state index contributed by atoms with van der Waals surface area (Å²) in [5.41, 5.74) is 0.0917. The topological polar surface area (TPSA) is 26.3 Å². The van der Waals surface area contributed by atoms with Gasteiger partial charge in [-0.25, -0.2) is 0 Å². The molecule has 0 aromatic rings. The zero-order valence-corrected chi connectivity index (χ0v) is 12.6. The lowest BCUT2D eigenvalue weighted by molar-refractivity contribution is -0.154. The van der Waals surface area contributed by atoms with E-state index in [4.69, 9.17) is 4.74 Å². The fourth-order valence-corrected chi connectivity index (χ4v) is 1.67. The molecule has 0 spiro atoms. The lowest BCUT2D eigenvalue weighted by Crippen LogP contribution is -2.23. The molecule has 0 unspecified atom stereocenters. The van der Waals surface area contributed by atoms with Crippen LogP contribution in [-0.4, -0.2) is 11.6 Å². The summed E-state index contributed by atoms with van der Waals surface area (Å²) in [5, 5.41) is 0. The molecule has 0 amide bonds. The maximum absolute atomic E-state index is 11.4. The summed E-state index contributed by atoms with van der Waals surface area (Å²) in [4.78, 5) is 11.4. The molecule has 17 heavy (non-hydrogen) atoms. The average molecular weight is 242 g/mol. The van der Waals surface area contributed by atoms with Gasteiger partial charge in [-0.1, -0.05) is 40.0 Å². The van der Waals surface area contributed by atoms with Crippen molar-refractivity contribution in [1.82, 2.24) is 0 Å². The molecule has 0 aliphatic carbocycles. The van der Waals surface area contributed by atoms with Crippen LogP contribution in [0, 0.1) is 5.41 Å². The first kappa shape index (κ1) is 16.5. The third kappa shape index (κ3) is 13.4. The van der Waals surface area contributed by atoms with Crippen molar-refractivity contribution in [2.24, 2.45) is 5.41 Å². The van der Waals surface area contributed by atoms with E-state index >= 15 is 0 Å². The molecule has 0 fully saturated rings. The highest BCUT2D eigenvalue weighted by atomic mass is 16.6. The Morgan fingerprint density at radius 3 is 1.88 bits per heavy atom. The summed E-state index contributed by atoms with van der Waals surface area (Å²) < 4.78 is 5.26. The van der Waals surface area contributed by atoms with Gasteiger partial charge in [0.05, 0.1) is 0 Å². The second kappa shape index (κ2) is 7.03. The molecule has 0 heterocycles. The number of ether oxygens (including phenoxy) is 1. The molecule has 0 radical (unpaired) electrons. The van der Waals surface area contributed by atoms with Crippen molar-refractivity contribution in [2.75, 3.05) is 0 Å². The van der Waals surface area contributed by atoms with Gasteiger partial charge < -0.3 is 4.74 Å². The Labute approximate surface area is 107 Å². The molecular formula is C15H30O2. The normalized spacial score (nSPS) is 12.6. The Morgan fingerprint density at radius 1 is 0.882 bits per heavy atom. The summed E-state index contributed by atoms with van der Waals surface area (Å²) in [6.45, 7) is 12.5. The molecule has 0 atom stereocenters. The summed E-state index contributed by atoms with van der Waals surface area (Å²) in [6.07, 6.45) is 6.40. The third-order valence-electron chi connectivity index (χ3n) is 2.48. The molecule has 102 valence electrons. The van der Waals surface area contributed by atoms with Crippen LogP contribution in [0.25, 0.3) is 0 Å². The first-order valence-electron chi connectivity index (χ1n) is 6.82. The van der Waals surface area contributed by atoms with Crippen LogP contribution in [0.4, 0.5) is 0 Å². The van der Waals surface area contributed by atoms with Gasteiger partial charge in [-0.15, -0.1) is 0 Å². The van der Waals surface area contributed by atoms with Crippen LogP contribution in [0.3, 0.4) is 0 Å². The third-order valence-corrected chi connectivity index (χ3v) is 2.48. The first-order chi connectivity index (χ1) is 7.60. The number of hydrogen-bond donors (Lipinski definition) is 0. The minimum absolute atomic E-state index is 0.0617. The molecule has 0 N–H and O–H groups in total. The predicted octanol–water partition coefficient (Wildman–Crippen LogP) is 4.71. The fourth-order valence-electron chi connectivity index (χ4n) is 1.67. The largest absolute Gasteiger partial charge is 0.460 e. The van der Waals surface area contributed by atoms with Crippen LogP contribution in [-0.2, 0) is 9.53 Å². The zero-order valence-electron chi connectivity index (χ0n) is 12.6. The number of unbranched alkanes of at least 4 members (excludes halogenated alkanes) is 3. The Hall–Kier alpha value is -0.530. The van der Waals surface area contributed by atoms with E-state index in [0.717, 1.165) is 12.8 Å². The number of esters is 1. The molecule has 0 saturated heterocycles. The first-order valence-corrected chi connectivity index (χ1v) is 6.82. The fraction of sp³-hybridized carbons (Fsp3) is 0.933. The quantitative estimate of drug-likeness (QED) is 0.498. The Morgan fingerprint density at radius 2 is 1.41 bits per heavy atom. The van der Waals surface area contributed by atoms with E-state index < -0.39 is 0 Å². The van der Waals surface area contributed by atoms with Crippen LogP contribution in [0.15, 0.2) is 0 Å². The van der Waals surface area contributed by atoms with Crippen molar-refractivity contribution in [3.05, 3.63) is 0 Å². The highest BCUT2D eigenvalue weighted by Gasteiger charge is 2.15. The van der Waals surface area contributed by atoms with E-state index in [9.17, 15) is 4.79 Å². The molecule has 0 aromatic heterocycles. The summed E-state index contributed by atoms with van der Waals surface area (Å²) in [5.74, 6) is -0.0617. The van der Waals surface area contributed by atoms with Gasteiger partial charge in [0, 0.05) is 6.42 Å². The number of carbonyl (C=O) groups excluding carboxylic acids is 1. The monoisotopic (exact) mass is 242 g/mol. The van der Waals surface area contributed by atoms with Gasteiger partial charge in [0.25, 0.3) is 0 Å². The number of hydrogen-bond acceptors (Lipinski definition) is 2. The Balaban J connectivity index is 3.44. The van der Waals surface area contributed by atoms with Crippen LogP contribution >= 0.6 is 0 Å². The summed E-state index contributed by atoms with van der Waals surface area (Å²) in [7, 11) is 0. The molecule has 0 aromatic carbocycles. The van der Waals surface area contributed by atoms with Crippen molar-refractivity contribution < 1.29 is 9.53 Å². The van der Waals surface area contributed by atoms with Crippen LogP contribution in [0.2, 0.25) is 0 Å². The maximum Gasteiger partial charge on any atom is 0.306 e. The predicted molar refractivity (Wildman–Crippen MR) is 73.0 cm³/mol. The number of rotatable bonds is 6. The molecule has 0 aliphatic heterocycles. The van der Waals surface area contributed by atoms with Crippen molar-refractivity contribution in [1.29, 1.82) is 0 Å². The lowest BCUT2D eigenvalue weighted by Gasteiger charge is -2.19. The summed E-state index contributed by atoms with van der Waals surface area (Å²) >= 11 is 0. The van der Waals surface area contributed by atoms with Crippen LogP contribution < -0.4 is 0 Å². The minimum atomic E-state index is -0.344. The molecule has 0 saturated carbocycles. The Bertz CT molecular complexity index is 218. The highest BCUT2D eigenvalue weighted by Crippen LogP contribution is 2.22. The van der Waals surface area contributed by atoms with Crippen molar-refractivity contribution in [2.45, 2.75) is 85.7 Å². The molecule has 0 bridgehead atoms. The van der Waals surface area contributed by atoms with Crippen molar-refractivity contribution in [3.8, 4) is 0 Å². The van der Waals surface area contributed by atoms with Gasteiger partial charge in [0.15, 0.2) is 0 Å². The Kier molecular flexibility index (Phi) is 6.81. The van der Waals surface area contributed by atoms with Gasteiger partial charge in [-0.2, -0.15) is 0 Å². The van der Waals surface area contributed by atoms with E-state index in [1.807, 2.05) is 20.8 Å². The van der Waals surface area contributed by atoms with E-state index in [-0.39, 0.29) is 11.6 Å². The van der Waals surface area contributed by atoms with E-state index in [1.54, 1.807) is 0 Å². The SMILES string of the molecule is CC(C)(C)CCCCCCC(=O)OC(C)(C)C. The second-order valence-corrected chi connectivity index (χ2v) is 7.06. The van der Waals surface area contributed by atoms with Gasteiger partial charge in [-0.05, 0) is 39.0 Å². The van der Waals surface area contributed by atoms with Gasteiger partial charge >= 0.3 is 5.97 Å². The van der Waals surface area contributed by atoms with E-state index in [1.165, 1.54) is 19.3 Å². The van der Waals surface area contributed by atoms with Gasteiger partial charge in [-0.3, -0.25) is 4.79 Å². The van der Waals surface area contributed by atoms with Crippen molar-refractivity contribution in [3.63, 3.8) is 0 Å². The lowest BCUT2D eigenvalue weighted by atomic mass is 9.89. The molecule has 0 aliphatic rings. The molecule has 0 rings (SSSR count). The zero-order chi connectivity index (χ0) is 13.5. The maximum atomic E-state index is 11.4. The van der Waals surface area contributed by atoms with Gasteiger partial charge in [0.2, 0.25) is 0 Å². The van der Waals surface area contributed by atoms with E-state index in [2.05, 4.69) is 20.8 Å². The number of carbonyl (C=O) groups is 1. The summed E-state index contributed by atoms with van der Waals surface area (Å²) in [6, 6.07) is 0. The second-order valence-electron chi connectivity index (χ2n) is 7.06. The van der Waals surface area contributed by atoms with Crippen LogP contribution in [0.5, 0.6) is 0 Å².